The van der Waals surface area contributed by atoms with Crippen molar-refractivity contribution in [2.24, 2.45) is 0 Å². The van der Waals surface area contributed by atoms with Gasteiger partial charge < -0.3 is 10.6 Å². The lowest BCUT2D eigenvalue weighted by atomic mass is 9.89. The molecule has 0 bridgehead atoms. The van der Waals surface area contributed by atoms with Gasteiger partial charge in [0.05, 0.1) is 6.26 Å². The van der Waals surface area contributed by atoms with Gasteiger partial charge >= 0.3 is 0 Å². The molecule has 1 amide bonds. The summed E-state index contributed by atoms with van der Waals surface area (Å²) in [7, 11) is -3.20. The molecule has 0 aromatic heterocycles. The molecule has 3 aliphatic rings. The van der Waals surface area contributed by atoms with Gasteiger partial charge in [-0.25, -0.2) is 12.8 Å². The maximum Gasteiger partial charge on any atom is 0.243 e. The first-order chi connectivity index (χ1) is 15.2. The lowest BCUT2D eigenvalue weighted by molar-refractivity contribution is -0.122. The number of aryl methyl sites for hydroxylation is 1. The molecule has 32 heavy (non-hydrogen) atoms. The number of carbonyl (C=O) groups is 1. The Bertz CT molecular complexity index is 939. The van der Waals surface area contributed by atoms with Gasteiger partial charge in [-0.05, 0) is 50.7 Å². The average Bonchev–Trinajstić information content (AvgIpc) is 3.39. The van der Waals surface area contributed by atoms with Crippen molar-refractivity contribution in [2.45, 2.75) is 76.5 Å². The van der Waals surface area contributed by atoms with E-state index in [0.29, 0.717) is 24.6 Å². The highest BCUT2D eigenvalue weighted by Gasteiger charge is 2.37. The second kappa shape index (κ2) is 9.27. The summed E-state index contributed by atoms with van der Waals surface area (Å²) in [5.74, 6) is -0.330. The van der Waals surface area contributed by atoms with E-state index in [1.54, 1.807) is 10.4 Å². The molecule has 4 atom stereocenters. The number of anilines is 1. The Kier molecular flexibility index (Phi) is 6.79. The number of nitrogens with zero attached hydrogens (tertiary/aromatic N) is 2. The van der Waals surface area contributed by atoms with Crippen LogP contribution in [0.2, 0.25) is 0 Å². The molecule has 4 rings (SSSR count). The molecule has 1 aromatic carbocycles. The predicted octanol–water partition coefficient (Wildman–Crippen LogP) is 2.25. The lowest BCUT2D eigenvalue weighted by Gasteiger charge is -2.36. The van der Waals surface area contributed by atoms with Crippen molar-refractivity contribution in [3.63, 3.8) is 0 Å². The van der Waals surface area contributed by atoms with Crippen molar-refractivity contribution in [2.75, 3.05) is 31.2 Å². The Morgan fingerprint density at radius 3 is 2.78 bits per heavy atom. The van der Waals surface area contributed by atoms with Gasteiger partial charge in [-0.3, -0.25) is 9.69 Å². The topological polar surface area (TPSA) is 81.8 Å². The average molecular weight is 467 g/mol. The predicted molar refractivity (Wildman–Crippen MR) is 124 cm³/mol. The maximum absolute atomic E-state index is 14.2. The van der Waals surface area contributed by atoms with Crippen molar-refractivity contribution in [1.82, 2.24) is 14.5 Å². The zero-order valence-electron chi connectivity index (χ0n) is 19.2. The molecule has 2 aliphatic heterocycles. The van der Waals surface area contributed by atoms with Crippen LogP contribution in [-0.2, 0) is 21.2 Å². The fourth-order valence-electron chi connectivity index (χ4n) is 5.75. The standard InChI is InChI=1S/C23H35FN4O3S/c1-4-28(32(3,30)31)18-10-11-27(14-18)17-7-5-6-16(12-17)25-23(29)21-13-19-20(24)9-8-15(2)22(19)26-21/h8-9,16-18,21,26H,4-7,10-14H2,1-3H3,(H,25,29)/t16-,17?,18-,21?/m1/s1. The molecule has 2 fully saturated rings. The van der Waals surface area contributed by atoms with Crippen LogP contribution in [0.15, 0.2) is 12.1 Å². The number of fused-ring (bicyclic) bond motifs is 1. The molecule has 2 unspecified atom stereocenters. The number of rotatable bonds is 6. The normalized spacial score (nSPS) is 28.5. The minimum Gasteiger partial charge on any atom is -0.373 e. The third-order valence-corrected chi connectivity index (χ3v) is 8.76. The number of hydrogen-bond donors (Lipinski definition) is 2. The summed E-state index contributed by atoms with van der Waals surface area (Å²) >= 11 is 0. The minimum absolute atomic E-state index is 0.0318. The number of nitrogens with one attached hydrogen (secondary N) is 2. The Hall–Kier alpha value is -1.71. The Labute approximate surface area is 190 Å². The highest BCUT2D eigenvalue weighted by Crippen LogP contribution is 2.32. The molecular formula is C23H35FN4O3S. The number of benzene rings is 1. The summed E-state index contributed by atoms with van der Waals surface area (Å²) in [6, 6.07) is 3.24. The van der Waals surface area contributed by atoms with E-state index in [1.807, 2.05) is 13.8 Å². The van der Waals surface area contributed by atoms with Gasteiger partial charge in [-0.1, -0.05) is 13.0 Å². The number of likely N-dealkylation sites (tertiary alicyclic amines) is 1. The molecule has 9 heteroatoms. The van der Waals surface area contributed by atoms with E-state index in [0.717, 1.165) is 56.4 Å². The number of hydrogen-bond acceptors (Lipinski definition) is 5. The molecule has 1 aliphatic carbocycles. The Morgan fingerprint density at radius 2 is 2.09 bits per heavy atom. The first-order valence-corrected chi connectivity index (χ1v) is 13.6. The second-order valence-electron chi connectivity index (χ2n) is 9.55. The van der Waals surface area contributed by atoms with Crippen LogP contribution >= 0.6 is 0 Å². The molecule has 178 valence electrons. The highest BCUT2D eigenvalue weighted by molar-refractivity contribution is 7.88. The summed E-state index contributed by atoms with van der Waals surface area (Å²) in [6.07, 6.45) is 6.43. The van der Waals surface area contributed by atoms with Crippen molar-refractivity contribution < 1.29 is 17.6 Å². The number of likely N-dealkylation sites (N-methyl/N-ethyl adjacent to an activating group) is 1. The number of sulfonamides is 1. The van der Waals surface area contributed by atoms with E-state index >= 15 is 0 Å². The van der Waals surface area contributed by atoms with Gasteiger partial charge in [-0.15, -0.1) is 0 Å². The smallest absolute Gasteiger partial charge is 0.243 e. The maximum atomic E-state index is 14.2. The SMILES string of the molecule is CCN([C@@H]1CCN(C2CCC[C@@H](NC(=O)C3Cc4c(F)ccc(C)c4N3)C2)C1)S(C)(=O)=O. The number of amides is 1. The van der Waals surface area contributed by atoms with Gasteiger partial charge in [-0.2, -0.15) is 4.31 Å². The first kappa shape index (κ1) is 23.4. The van der Waals surface area contributed by atoms with Crippen LogP contribution in [0, 0.1) is 12.7 Å². The Morgan fingerprint density at radius 1 is 1.31 bits per heavy atom. The minimum atomic E-state index is -3.20. The molecule has 1 saturated carbocycles. The molecule has 1 aromatic rings. The summed E-state index contributed by atoms with van der Waals surface area (Å²) in [6.45, 7) is 5.95. The van der Waals surface area contributed by atoms with Crippen LogP contribution in [0.4, 0.5) is 10.1 Å². The van der Waals surface area contributed by atoms with E-state index in [9.17, 15) is 17.6 Å². The summed E-state index contributed by atoms with van der Waals surface area (Å²) < 4.78 is 39.9. The van der Waals surface area contributed by atoms with Gasteiger partial charge in [0.2, 0.25) is 15.9 Å². The Balaban J connectivity index is 1.33. The molecule has 0 spiro atoms. The van der Waals surface area contributed by atoms with Crippen LogP contribution in [0.1, 0.15) is 50.2 Å². The third-order valence-electron chi connectivity index (χ3n) is 7.36. The lowest BCUT2D eigenvalue weighted by Crippen LogP contribution is -2.49. The van der Waals surface area contributed by atoms with Crippen molar-refractivity contribution in [1.29, 1.82) is 0 Å². The fraction of sp³-hybridized carbons (Fsp3) is 0.696. The van der Waals surface area contributed by atoms with E-state index < -0.39 is 16.1 Å². The van der Waals surface area contributed by atoms with Crippen LogP contribution in [0.25, 0.3) is 0 Å². The molecule has 0 radical (unpaired) electrons. The van der Waals surface area contributed by atoms with E-state index in [1.165, 1.54) is 12.3 Å². The van der Waals surface area contributed by atoms with Crippen LogP contribution in [-0.4, -0.2) is 73.6 Å². The molecule has 7 nitrogen and oxygen atoms in total. The zero-order valence-corrected chi connectivity index (χ0v) is 20.0. The van der Waals surface area contributed by atoms with Crippen LogP contribution in [0.3, 0.4) is 0 Å². The first-order valence-electron chi connectivity index (χ1n) is 11.7. The van der Waals surface area contributed by atoms with Gasteiger partial charge in [0, 0.05) is 55.4 Å². The van der Waals surface area contributed by atoms with Crippen LogP contribution < -0.4 is 10.6 Å². The summed E-state index contributed by atoms with van der Waals surface area (Å²) in [5, 5.41) is 6.41. The van der Waals surface area contributed by atoms with Gasteiger partial charge in [0.15, 0.2) is 0 Å². The monoisotopic (exact) mass is 466 g/mol. The zero-order chi connectivity index (χ0) is 23.0. The molecule has 1 saturated heterocycles. The van der Waals surface area contributed by atoms with Crippen molar-refractivity contribution in [3.05, 3.63) is 29.1 Å². The largest absolute Gasteiger partial charge is 0.373 e. The number of halogens is 1. The van der Waals surface area contributed by atoms with Gasteiger partial charge in [0.1, 0.15) is 11.9 Å². The van der Waals surface area contributed by atoms with Crippen LogP contribution in [0.5, 0.6) is 0 Å². The van der Waals surface area contributed by atoms with Gasteiger partial charge in [0.25, 0.3) is 0 Å². The summed E-state index contributed by atoms with van der Waals surface area (Å²) in [4.78, 5) is 15.3. The molecular weight excluding hydrogens is 431 g/mol. The second-order valence-corrected chi connectivity index (χ2v) is 11.5. The van der Waals surface area contributed by atoms with E-state index in [4.69, 9.17) is 0 Å². The quantitative estimate of drug-likeness (QED) is 0.672. The number of carbonyl (C=O) groups excluding carboxylic acids is 1. The summed E-state index contributed by atoms with van der Waals surface area (Å²) in [5.41, 5.74) is 2.30. The van der Waals surface area contributed by atoms with E-state index in [-0.39, 0.29) is 23.8 Å². The molecule has 2 N–H and O–H groups in total. The van der Waals surface area contributed by atoms with Crippen molar-refractivity contribution in [3.8, 4) is 0 Å². The molecule has 2 heterocycles. The fourth-order valence-corrected chi connectivity index (χ4v) is 6.94. The highest BCUT2D eigenvalue weighted by atomic mass is 32.2. The van der Waals surface area contributed by atoms with E-state index in [2.05, 4.69) is 15.5 Å². The third kappa shape index (κ3) is 4.79. The van der Waals surface area contributed by atoms with Crippen molar-refractivity contribution >= 4 is 21.6 Å².